The number of phenolic OH excluding ortho intramolecular Hbond substituents is 2. The van der Waals surface area contributed by atoms with Crippen molar-refractivity contribution in [1.29, 1.82) is 0 Å². The summed E-state index contributed by atoms with van der Waals surface area (Å²) >= 11 is 0. The van der Waals surface area contributed by atoms with Gasteiger partial charge < -0.3 is 20.6 Å². The molecule has 4 rings (SSSR count). The summed E-state index contributed by atoms with van der Waals surface area (Å²) in [6, 6.07) is 14.0. The van der Waals surface area contributed by atoms with Crippen LogP contribution in [0.1, 0.15) is 17.3 Å². The predicted molar refractivity (Wildman–Crippen MR) is 202 cm³/mol. The number of hydrogen-bond donors (Lipinski definition) is 6. The normalized spacial score (nSPS) is 12.7. The van der Waals surface area contributed by atoms with Gasteiger partial charge in [0, 0.05) is 6.92 Å². The Morgan fingerprint density at radius 1 is 0.610 bits per heavy atom. The number of sulfone groups is 2. The summed E-state index contributed by atoms with van der Waals surface area (Å²) < 4.78 is 118. The number of aromatic hydroxyl groups is 2. The van der Waals surface area contributed by atoms with Crippen LogP contribution >= 0.6 is 0 Å². The van der Waals surface area contributed by atoms with Crippen molar-refractivity contribution in [3.63, 3.8) is 0 Å². The molecule has 0 fully saturated rings. The predicted octanol–water partition coefficient (Wildman–Crippen LogP) is 5.19. The van der Waals surface area contributed by atoms with Crippen LogP contribution in [0.4, 0.5) is 39.8 Å². The van der Waals surface area contributed by atoms with E-state index in [1.807, 2.05) is 0 Å². The maximum absolute atomic E-state index is 12.4. The van der Waals surface area contributed by atoms with Crippen molar-refractivity contribution >= 4 is 92.2 Å². The summed E-state index contributed by atoms with van der Waals surface area (Å²) in [5, 5.41) is 57.0. The van der Waals surface area contributed by atoms with Crippen LogP contribution < -0.4 is 5.32 Å². The molecule has 24 nitrogen and oxygen atoms in total. The number of hydrogen-bond acceptors (Lipinski definition) is 20. The lowest BCUT2D eigenvalue weighted by atomic mass is 10.1. The molecule has 314 valence electrons. The molecule has 0 radical (unpaired) electrons. The smallest absolute Gasteiger partial charge is 0.397 e. The Labute approximate surface area is 334 Å². The molecule has 4 aromatic rings. The van der Waals surface area contributed by atoms with E-state index in [1.165, 1.54) is 49.4 Å². The number of phenols is 2. The van der Waals surface area contributed by atoms with Crippen molar-refractivity contribution in [3.8, 4) is 11.5 Å². The molecule has 0 aliphatic heterocycles. The number of carboxylic acids is 1. The van der Waals surface area contributed by atoms with Crippen molar-refractivity contribution in [2.75, 3.05) is 30.0 Å². The van der Waals surface area contributed by atoms with Crippen molar-refractivity contribution in [3.05, 3.63) is 78.4 Å². The van der Waals surface area contributed by atoms with Crippen molar-refractivity contribution in [2.24, 2.45) is 30.7 Å². The topological polar surface area (TPSA) is 376 Å². The number of rotatable bonds is 18. The van der Waals surface area contributed by atoms with E-state index in [1.54, 1.807) is 0 Å². The average molecular weight is 900 g/mol. The minimum Gasteiger partial charge on any atom is -0.505 e. The summed E-state index contributed by atoms with van der Waals surface area (Å²) in [5.74, 6) is -5.57. The molecule has 0 aliphatic rings. The second-order valence-electron chi connectivity index (χ2n) is 11.4. The van der Waals surface area contributed by atoms with Gasteiger partial charge in [0.25, 0.3) is 0 Å². The van der Waals surface area contributed by atoms with Gasteiger partial charge in [0.2, 0.25) is 5.91 Å². The van der Waals surface area contributed by atoms with Gasteiger partial charge in [-0.2, -0.15) is 32.2 Å². The molecular weight excluding hydrogens is 871 g/mol. The highest BCUT2D eigenvalue weighted by atomic mass is 32.3. The molecule has 0 spiro atoms. The van der Waals surface area contributed by atoms with E-state index in [-0.39, 0.29) is 38.2 Å². The zero-order valence-electron chi connectivity index (χ0n) is 29.7. The minimum atomic E-state index is -4.86. The lowest BCUT2D eigenvalue weighted by Gasteiger charge is -2.09. The summed E-state index contributed by atoms with van der Waals surface area (Å²) in [6.45, 7) is -0.496. The SMILES string of the molecule is CC(=O)Nc1cc(N=Nc2c(O)cc(C(=O)O)c(N=Nc3ccc(S(=O)(=O)CCOS(=O)(=O)O)cc3)c2O)ccc1N=Nc1ccc(S(=O)(=O)CCOS(=O)(=O)O)cc1. The standard InChI is InChI=1S/C31H29N7O17S4/c1-18(39)32-26-16-21(6-11-25(26)36-33-19-2-7-22(8-3-19)56(44,45)14-12-54-58(48,49)50)35-38-29-27(40)17-24(31(42)43)28(30(29)41)37-34-20-4-9-23(10-5-20)57(46,47)15-13-55-59(51,52)53/h2-11,16-17,40-41H,12-15H2,1H3,(H,32,39)(H,42,43)(H,48,49,50)(H,51,52,53). The molecule has 1 amide bonds. The first-order chi connectivity index (χ1) is 27.4. The quantitative estimate of drug-likeness (QED) is 0.0553. The number of carboxylic acid groups (broad SMARTS) is 1. The van der Waals surface area contributed by atoms with E-state index in [2.05, 4.69) is 44.4 Å². The van der Waals surface area contributed by atoms with E-state index in [0.29, 0.717) is 6.07 Å². The number of anilines is 1. The Bertz CT molecular complexity index is 2800. The van der Waals surface area contributed by atoms with Crippen LogP contribution in [0.25, 0.3) is 0 Å². The third-order valence-electron chi connectivity index (χ3n) is 7.11. The number of carbonyl (C=O) groups is 2. The first-order valence-electron chi connectivity index (χ1n) is 15.8. The number of benzene rings is 4. The van der Waals surface area contributed by atoms with Crippen LogP contribution in [0.15, 0.2) is 113 Å². The zero-order valence-corrected chi connectivity index (χ0v) is 33.0. The fourth-order valence-corrected chi connectivity index (χ4v) is 7.44. The first kappa shape index (κ1) is 45.6. The Kier molecular flexibility index (Phi) is 14.4. The third-order valence-corrected chi connectivity index (χ3v) is 11.4. The van der Waals surface area contributed by atoms with Gasteiger partial charge in [-0.3, -0.25) is 13.9 Å². The molecule has 59 heavy (non-hydrogen) atoms. The van der Waals surface area contributed by atoms with E-state index in [9.17, 15) is 58.6 Å². The zero-order chi connectivity index (χ0) is 43.8. The molecule has 4 aromatic carbocycles. The molecule has 28 heteroatoms. The molecule has 0 unspecified atom stereocenters. The van der Waals surface area contributed by atoms with Gasteiger partial charge >= 0.3 is 26.8 Å². The molecule has 0 aromatic heterocycles. The van der Waals surface area contributed by atoms with E-state index < -0.39 is 106 Å². The second-order valence-corrected chi connectivity index (χ2v) is 17.8. The Morgan fingerprint density at radius 3 is 1.51 bits per heavy atom. The molecular formula is C31H29N7O17S4. The number of aromatic carboxylic acids is 1. The Hall–Kier alpha value is -6.14. The van der Waals surface area contributed by atoms with Gasteiger partial charge in [0.1, 0.15) is 17.1 Å². The fraction of sp³-hybridized carbons (Fsp3) is 0.161. The van der Waals surface area contributed by atoms with Crippen molar-refractivity contribution in [2.45, 2.75) is 16.7 Å². The van der Waals surface area contributed by atoms with Crippen LogP contribution in [-0.4, -0.2) is 94.7 Å². The fourth-order valence-electron chi connectivity index (χ4n) is 4.46. The molecule has 0 aliphatic carbocycles. The van der Waals surface area contributed by atoms with Crippen molar-refractivity contribution in [1.82, 2.24) is 0 Å². The molecule has 0 saturated heterocycles. The van der Waals surface area contributed by atoms with E-state index in [4.69, 9.17) is 9.11 Å². The molecule has 6 N–H and O–H groups in total. The van der Waals surface area contributed by atoms with Gasteiger partial charge in [0.05, 0.1) is 62.8 Å². The average Bonchev–Trinajstić information content (AvgIpc) is 3.12. The van der Waals surface area contributed by atoms with Gasteiger partial charge in [-0.1, -0.05) is 0 Å². The summed E-state index contributed by atoms with van der Waals surface area (Å²) in [4.78, 5) is 23.4. The summed E-state index contributed by atoms with van der Waals surface area (Å²) in [7, 11) is -17.8. The maximum atomic E-state index is 12.4. The summed E-state index contributed by atoms with van der Waals surface area (Å²) in [5.41, 5.74) is -1.81. The largest absolute Gasteiger partial charge is 0.505 e. The summed E-state index contributed by atoms with van der Waals surface area (Å²) in [6.07, 6.45) is 0. The van der Waals surface area contributed by atoms with Crippen LogP contribution in [0, 0.1) is 0 Å². The molecule has 0 saturated carbocycles. The van der Waals surface area contributed by atoms with Crippen LogP contribution in [0.2, 0.25) is 0 Å². The third kappa shape index (κ3) is 13.5. The first-order valence-corrected chi connectivity index (χ1v) is 21.9. The Balaban J connectivity index is 1.57. The number of nitrogens with one attached hydrogen (secondary N) is 1. The molecule has 0 bridgehead atoms. The van der Waals surface area contributed by atoms with Crippen LogP contribution in [0.5, 0.6) is 11.5 Å². The Morgan fingerprint density at radius 2 is 1.05 bits per heavy atom. The van der Waals surface area contributed by atoms with E-state index in [0.717, 1.165) is 24.3 Å². The second kappa shape index (κ2) is 18.6. The molecule has 0 atom stereocenters. The van der Waals surface area contributed by atoms with Gasteiger partial charge in [-0.15, -0.1) is 15.3 Å². The minimum absolute atomic E-state index is 0.00381. The monoisotopic (exact) mass is 899 g/mol. The number of nitrogens with zero attached hydrogens (tertiary/aromatic N) is 6. The van der Waals surface area contributed by atoms with Crippen molar-refractivity contribution < 1.29 is 76.1 Å². The van der Waals surface area contributed by atoms with Crippen LogP contribution in [0.3, 0.4) is 0 Å². The van der Waals surface area contributed by atoms with Gasteiger partial charge in [-0.25, -0.2) is 30.0 Å². The lowest BCUT2D eigenvalue weighted by Crippen LogP contribution is -2.15. The van der Waals surface area contributed by atoms with Crippen LogP contribution in [-0.2, 0) is 53.6 Å². The highest BCUT2D eigenvalue weighted by Gasteiger charge is 2.23. The van der Waals surface area contributed by atoms with E-state index >= 15 is 0 Å². The molecule has 0 heterocycles. The number of azo groups is 3. The highest BCUT2D eigenvalue weighted by molar-refractivity contribution is 7.91. The maximum Gasteiger partial charge on any atom is 0.397 e. The highest BCUT2D eigenvalue weighted by Crippen LogP contribution is 2.47. The van der Waals surface area contributed by atoms with Gasteiger partial charge in [-0.05, 0) is 72.8 Å². The van der Waals surface area contributed by atoms with Gasteiger partial charge in [0.15, 0.2) is 31.1 Å². The number of amides is 1. The number of carbonyl (C=O) groups excluding carboxylic acids is 1. The lowest BCUT2D eigenvalue weighted by molar-refractivity contribution is -0.114.